The summed E-state index contributed by atoms with van der Waals surface area (Å²) in [6.45, 7) is 2.86. The largest absolute Gasteiger partial charge is 0.480 e. The summed E-state index contributed by atoms with van der Waals surface area (Å²) < 4.78 is 33.5. The number of aromatic nitrogens is 5. The number of carbonyl (C=O) groups is 1. The smallest absolute Gasteiger partial charge is 0.256 e. The van der Waals surface area contributed by atoms with Gasteiger partial charge in [0.05, 0.1) is 30.1 Å². The Balaban J connectivity index is 1.43. The van der Waals surface area contributed by atoms with Crippen LogP contribution in [0.3, 0.4) is 0 Å². The second kappa shape index (κ2) is 9.71. The molecule has 0 spiro atoms. The van der Waals surface area contributed by atoms with Crippen LogP contribution in [0.25, 0.3) is 33.2 Å². The van der Waals surface area contributed by atoms with Gasteiger partial charge < -0.3 is 24.9 Å². The number of hydrogen-bond donors (Lipinski definition) is 3. The van der Waals surface area contributed by atoms with Gasteiger partial charge in [-0.2, -0.15) is 9.97 Å². The number of anilines is 1. The molecule has 0 bridgehead atoms. The highest BCUT2D eigenvalue weighted by molar-refractivity contribution is 5.99. The summed E-state index contributed by atoms with van der Waals surface area (Å²) in [5.74, 6) is 1.43. The lowest BCUT2D eigenvalue weighted by molar-refractivity contribution is -0.119. The molecule has 36 heavy (non-hydrogen) atoms. The third kappa shape index (κ3) is 4.69. The van der Waals surface area contributed by atoms with Crippen molar-refractivity contribution in [2.24, 2.45) is 0 Å². The number of benzene rings is 1. The predicted molar refractivity (Wildman–Crippen MR) is 133 cm³/mol. The molecule has 0 atom stereocenters. The van der Waals surface area contributed by atoms with Crippen molar-refractivity contribution in [1.82, 2.24) is 29.8 Å². The number of amides is 1. The fourth-order valence-electron chi connectivity index (χ4n) is 5.07. The zero-order chi connectivity index (χ0) is 25.4. The molecule has 1 aliphatic rings. The molecule has 0 unspecified atom stereocenters. The number of halogens is 2. The second-order valence-corrected chi connectivity index (χ2v) is 9.24. The molecule has 3 heterocycles. The molecule has 1 saturated carbocycles. The van der Waals surface area contributed by atoms with Gasteiger partial charge in [-0.1, -0.05) is 6.07 Å². The average molecular weight is 498 g/mol. The minimum atomic E-state index is -2.47. The number of aryl methyl sites for hydroxylation is 1. The zero-order valence-electron chi connectivity index (χ0n) is 20.4. The maximum Gasteiger partial charge on any atom is 0.256 e. The van der Waals surface area contributed by atoms with Gasteiger partial charge in [-0.15, -0.1) is 0 Å². The summed E-state index contributed by atoms with van der Waals surface area (Å²) in [6, 6.07) is 6.01. The number of hydrogen-bond acceptors (Lipinski definition) is 6. The van der Waals surface area contributed by atoms with E-state index >= 15 is 0 Å². The zero-order valence-corrected chi connectivity index (χ0v) is 20.4. The van der Waals surface area contributed by atoms with E-state index in [1.807, 2.05) is 24.4 Å². The van der Waals surface area contributed by atoms with Crippen molar-refractivity contribution >= 4 is 33.9 Å². The number of methoxy groups -OCH3 is 1. The van der Waals surface area contributed by atoms with E-state index in [9.17, 15) is 13.6 Å². The number of fused-ring (bicyclic) bond motifs is 2. The number of H-pyrrole nitrogens is 1. The molecule has 0 saturated heterocycles. The fraction of sp³-hybridized carbons (Fsp3) is 0.440. The lowest BCUT2D eigenvalue weighted by atomic mass is 9.91. The maximum absolute atomic E-state index is 13.2. The van der Waals surface area contributed by atoms with Crippen LogP contribution in [0.5, 0.6) is 5.88 Å². The highest BCUT2D eigenvalue weighted by Crippen LogP contribution is 2.36. The molecule has 11 heteroatoms. The van der Waals surface area contributed by atoms with Gasteiger partial charge in [0, 0.05) is 30.8 Å². The number of nitrogens with zero attached hydrogens (tertiary/aromatic N) is 4. The molecular formula is C25H29F2N7O2. The minimum Gasteiger partial charge on any atom is -0.480 e. The Kier molecular flexibility index (Phi) is 6.46. The van der Waals surface area contributed by atoms with E-state index in [-0.39, 0.29) is 18.0 Å². The Morgan fingerprint density at radius 2 is 1.94 bits per heavy atom. The topological polar surface area (TPSA) is 110 Å². The van der Waals surface area contributed by atoms with Crippen molar-refractivity contribution in [2.75, 3.05) is 12.4 Å². The van der Waals surface area contributed by atoms with Crippen LogP contribution in [0.1, 0.15) is 38.4 Å². The van der Waals surface area contributed by atoms with E-state index in [4.69, 9.17) is 4.74 Å². The van der Waals surface area contributed by atoms with Crippen LogP contribution >= 0.6 is 0 Å². The summed E-state index contributed by atoms with van der Waals surface area (Å²) in [4.78, 5) is 28.2. The molecule has 1 amide bonds. The monoisotopic (exact) mass is 497 g/mol. The minimum absolute atomic E-state index is 0.000223. The number of ether oxygens (including phenoxy) is 1. The molecule has 5 rings (SSSR count). The standard InChI is InChI=1S/C25H29F2N7O2/c1-13-29-19-9-4-15(10-20(19)34(13)12-21(26)27)18-11-28-23-22(18)24(36-3)33-25(32-23)31-17-7-5-16(6-8-17)30-14(2)35/h4,9-11,16-17,21H,5-8,12H2,1-3H3,(H,30,35)(H2,28,31,32,33)/t16-,17-. The van der Waals surface area contributed by atoms with E-state index < -0.39 is 13.0 Å². The first-order valence-corrected chi connectivity index (χ1v) is 12.0. The first kappa shape index (κ1) is 24.0. The lowest BCUT2D eigenvalue weighted by Crippen LogP contribution is -2.39. The molecule has 4 aromatic rings. The molecule has 9 nitrogen and oxygen atoms in total. The first-order chi connectivity index (χ1) is 17.3. The number of imidazole rings is 1. The molecule has 1 fully saturated rings. The average Bonchev–Trinajstić information content (AvgIpc) is 3.40. The SMILES string of the molecule is COc1nc(N[C@H]2CC[C@H](NC(C)=O)CC2)nc2[nH]cc(-c3ccc4nc(C)n(CC(F)F)c4c3)c12. The molecule has 0 radical (unpaired) electrons. The van der Waals surface area contributed by atoms with Crippen molar-refractivity contribution < 1.29 is 18.3 Å². The van der Waals surface area contributed by atoms with Crippen molar-refractivity contribution in [3.05, 3.63) is 30.2 Å². The number of nitrogens with one attached hydrogen (secondary N) is 3. The summed E-state index contributed by atoms with van der Waals surface area (Å²) in [5.41, 5.74) is 3.56. The lowest BCUT2D eigenvalue weighted by Gasteiger charge is -2.29. The normalized spacial score (nSPS) is 18.2. The van der Waals surface area contributed by atoms with Crippen LogP contribution in [0.15, 0.2) is 24.4 Å². The highest BCUT2D eigenvalue weighted by atomic mass is 19.3. The molecule has 0 aliphatic heterocycles. The quantitative estimate of drug-likeness (QED) is 0.349. The van der Waals surface area contributed by atoms with Crippen LogP contribution in [0, 0.1) is 6.92 Å². The van der Waals surface area contributed by atoms with E-state index in [1.165, 1.54) is 4.57 Å². The first-order valence-electron chi connectivity index (χ1n) is 12.0. The molecule has 3 aromatic heterocycles. The van der Waals surface area contributed by atoms with Gasteiger partial charge in [-0.3, -0.25) is 4.79 Å². The summed E-state index contributed by atoms with van der Waals surface area (Å²) in [7, 11) is 1.56. The van der Waals surface area contributed by atoms with Crippen molar-refractivity contribution in [1.29, 1.82) is 0 Å². The molecule has 190 valence electrons. The Bertz CT molecular complexity index is 1410. The third-order valence-corrected chi connectivity index (χ3v) is 6.73. The number of carbonyl (C=O) groups excluding carboxylic acids is 1. The number of aromatic amines is 1. The van der Waals surface area contributed by atoms with Crippen molar-refractivity contribution in [3.8, 4) is 17.0 Å². The van der Waals surface area contributed by atoms with Gasteiger partial charge in [-0.05, 0) is 50.3 Å². The molecule has 1 aromatic carbocycles. The van der Waals surface area contributed by atoms with E-state index in [0.717, 1.165) is 36.8 Å². The Morgan fingerprint density at radius 3 is 2.64 bits per heavy atom. The molecule has 1 aliphatic carbocycles. The van der Waals surface area contributed by atoms with Gasteiger partial charge >= 0.3 is 0 Å². The van der Waals surface area contributed by atoms with E-state index in [0.29, 0.717) is 39.7 Å². The van der Waals surface area contributed by atoms with Gasteiger partial charge in [0.15, 0.2) is 0 Å². The van der Waals surface area contributed by atoms with Crippen LogP contribution in [0.2, 0.25) is 0 Å². The van der Waals surface area contributed by atoms with Crippen LogP contribution < -0.4 is 15.4 Å². The highest BCUT2D eigenvalue weighted by Gasteiger charge is 2.24. The Hall–Kier alpha value is -3.76. The Morgan fingerprint density at radius 1 is 1.19 bits per heavy atom. The van der Waals surface area contributed by atoms with E-state index in [1.54, 1.807) is 21.0 Å². The fourth-order valence-corrected chi connectivity index (χ4v) is 5.07. The third-order valence-electron chi connectivity index (χ3n) is 6.73. The molecule has 3 N–H and O–H groups in total. The van der Waals surface area contributed by atoms with Gasteiger partial charge in [0.25, 0.3) is 6.43 Å². The van der Waals surface area contributed by atoms with Crippen LogP contribution in [-0.4, -0.2) is 56.0 Å². The van der Waals surface area contributed by atoms with Crippen LogP contribution in [-0.2, 0) is 11.3 Å². The van der Waals surface area contributed by atoms with Gasteiger partial charge in [0.1, 0.15) is 11.5 Å². The van der Waals surface area contributed by atoms with Crippen molar-refractivity contribution in [2.45, 2.75) is 64.6 Å². The maximum atomic E-state index is 13.2. The van der Waals surface area contributed by atoms with Gasteiger partial charge in [0.2, 0.25) is 17.7 Å². The predicted octanol–water partition coefficient (Wildman–Crippen LogP) is 4.42. The second-order valence-electron chi connectivity index (χ2n) is 9.24. The van der Waals surface area contributed by atoms with Gasteiger partial charge in [-0.25, -0.2) is 13.8 Å². The summed E-state index contributed by atoms with van der Waals surface area (Å²) in [6.07, 6.45) is 2.94. The van der Waals surface area contributed by atoms with Crippen molar-refractivity contribution in [3.63, 3.8) is 0 Å². The van der Waals surface area contributed by atoms with E-state index in [2.05, 4.69) is 30.6 Å². The summed E-state index contributed by atoms with van der Waals surface area (Å²) in [5, 5.41) is 7.11. The Labute approximate surface area is 206 Å². The number of alkyl halides is 2. The van der Waals surface area contributed by atoms with Crippen LogP contribution in [0.4, 0.5) is 14.7 Å². The molecular weight excluding hydrogens is 468 g/mol. The summed E-state index contributed by atoms with van der Waals surface area (Å²) >= 11 is 0. The number of rotatable bonds is 7.